The van der Waals surface area contributed by atoms with Crippen molar-refractivity contribution in [3.05, 3.63) is 48.5 Å². The van der Waals surface area contributed by atoms with Gasteiger partial charge in [-0.25, -0.2) is 4.79 Å². The van der Waals surface area contributed by atoms with E-state index in [0.717, 1.165) is 55.2 Å². The van der Waals surface area contributed by atoms with E-state index in [-0.39, 0.29) is 23.9 Å². The quantitative estimate of drug-likeness (QED) is 0.801. The van der Waals surface area contributed by atoms with Gasteiger partial charge in [-0.15, -0.1) is 12.4 Å². The Kier molecular flexibility index (Phi) is 6.47. The summed E-state index contributed by atoms with van der Waals surface area (Å²) in [5.41, 5.74) is 3.19. The molecule has 1 atom stereocenters. The van der Waals surface area contributed by atoms with Crippen LogP contribution in [0, 0.1) is 5.41 Å². The number of anilines is 1. The minimum atomic E-state index is 0. The van der Waals surface area contributed by atoms with Crippen LogP contribution in [0.2, 0.25) is 0 Å². The van der Waals surface area contributed by atoms with Gasteiger partial charge in [0.25, 0.3) is 0 Å². The van der Waals surface area contributed by atoms with Gasteiger partial charge in [0.15, 0.2) is 0 Å². The van der Waals surface area contributed by atoms with Crippen molar-refractivity contribution in [3.63, 3.8) is 0 Å². The predicted octanol–water partition coefficient (Wildman–Crippen LogP) is 4.39. The van der Waals surface area contributed by atoms with Crippen LogP contribution in [0.25, 0.3) is 11.1 Å². The van der Waals surface area contributed by atoms with Gasteiger partial charge in [-0.3, -0.25) is 0 Å². The second kappa shape index (κ2) is 8.84. The fourth-order valence-electron chi connectivity index (χ4n) is 4.33. The molecule has 2 amide bonds. The lowest BCUT2D eigenvalue weighted by Crippen LogP contribution is -2.48. The highest BCUT2D eigenvalue weighted by molar-refractivity contribution is 5.94. The van der Waals surface area contributed by atoms with Crippen molar-refractivity contribution >= 4 is 24.1 Å². The molecule has 1 spiro atoms. The number of carbonyl (C=O) groups is 1. The molecule has 2 N–H and O–H groups in total. The largest absolute Gasteiger partial charge is 0.497 e. The minimum absolute atomic E-state index is 0. The van der Waals surface area contributed by atoms with E-state index in [1.54, 1.807) is 7.11 Å². The second-order valence-electron chi connectivity index (χ2n) is 7.66. The number of carbonyl (C=O) groups excluding carboxylic acids is 1. The van der Waals surface area contributed by atoms with Crippen molar-refractivity contribution in [2.24, 2.45) is 5.41 Å². The lowest BCUT2D eigenvalue weighted by molar-refractivity contribution is 0.125. The number of para-hydroxylation sites is 1. The van der Waals surface area contributed by atoms with Gasteiger partial charge >= 0.3 is 6.03 Å². The zero-order chi connectivity index (χ0) is 18.7. The monoisotopic (exact) mass is 401 g/mol. The summed E-state index contributed by atoms with van der Waals surface area (Å²) in [6.45, 7) is 3.77. The van der Waals surface area contributed by atoms with Crippen molar-refractivity contribution in [2.45, 2.75) is 19.3 Å². The van der Waals surface area contributed by atoms with E-state index in [1.165, 1.54) is 12.8 Å². The highest BCUT2D eigenvalue weighted by Gasteiger charge is 2.39. The number of likely N-dealkylation sites (tertiary alicyclic amines) is 1. The maximum absolute atomic E-state index is 13.0. The first kappa shape index (κ1) is 20.5. The first-order chi connectivity index (χ1) is 13.2. The number of amides is 2. The number of nitrogens with one attached hydrogen (secondary N) is 2. The van der Waals surface area contributed by atoms with E-state index >= 15 is 0 Å². The Balaban J connectivity index is 0.00000225. The zero-order valence-corrected chi connectivity index (χ0v) is 17.1. The van der Waals surface area contributed by atoms with Gasteiger partial charge in [0.05, 0.1) is 12.8 Å². The number of piperidine rings is 1. The summed E-state index contributed by atoms with van der Waals surface area (Å²) in [7, 11) is 1.66. The highest BCUT2D eigenvalue weighted by Crippen LogP contribution is 2.36. The molecular weight excluding hydrogens is 374 g/mol. The Hall–Kier alpha value is -2.24. The molecule has 2 aromatic carbocycles. The van der Waals surface area contributed by atoms with Gasteiger partial charge in [0.1, 0.15) is 5.75 Å². The summed E-state index contributed by atoms with van der Waals surface area (Å²) in [4.78, 5) is 15.0. The standard InChI is InChI=1S/C22H27N3O2.ClH/c1-27-18-9-7-17(8-10-18)19-5-2-3-6-20(19)24-21(26)25-14-4-11-22(16-25)12-13-23-15-22;/h2-3,5-10,23H,4,11-16H2,1H3,(H,24,26);1H. The normalized spacial score (nSPS) is 21.2. The van der Waals surface area contributed by atoms with Crippen LogP contribution in [0.15, 0.2) is 48.5 Å². The van der Waals surface area contributed by atoms with Crippen LogP contribution in [-0.4, -0.2) is 44.2 Å². The molecule has 150 valence electrons. The third-order valence-electron chi connectivity index (χ3n) is 5.85. The fraction of sp³-hybridized carbons (Fsp3) is 0.409. The van der Waals surface area contributed by atoms with Crippen LogP contribution in [0.1, 0.15) is 19.3 Å². The molecule has 0 bridgehead atoms. The van der Waals surface area contributed by atoms with Gasteiger partial charge in [0.2, 0.25) is 0 Å². The fourth-order valence-corrected chi connectivity index (χ4v) is 4.33. The van der Waals surface area contributed by atoms with E-state index in [0.29, 0.717) is 0 Å². The number of rotatable bonds is 3. The Bertz CT molecular complexity index is 804. The highest BCUT2D eigenvalue weighted by atomic mass is 35.5. The lowest BCUT2D eigenvalue weighted by atomic mass is 9.79. The van der Waals surface area contributed by atoms with E-state index in [2.05, 4.69) is 10.6 Å². The number of benzene rings is 2. The lowest BCUT2D eigenvalue weighted by Gasteiger charge is -2.40. The summed E-state index contributed by atoms with van der Waals surface area (Å²) >= 11 is 0. The third kappa shape index (κ3) is 4.26. The molecule has 2 aromatic rings. The minimum Gasteiger partial charge on any atom is -0.497 e. The van der Waals surface area contributed by atoms with E-state index in [4.69, 9.17) is 4.74 Å². The van der Waals surface area contributed by atoms with Crippen LogP contribution in [0.3, 0.4) is 0 Å². The molecule has 28 heavy (non-hydrogen) atoms. The first-order valence-electron chi connectivity index (χ1n) is 9.69. The zero-order valence-electron chi connectivity index (χ0n) is 16.2. The first-order valence-corrected chi connectivity index (χ1v) is 9.69. The van der Waals surface area contributed by atoms with Crippen molar-refractivity contribution in [1.82, 2.24) is 10.2 Å². The van der Waals surface area contributed by atoms with Gasteiger partial charge in [-0.1, -0.05) is 30.3 Å². The Morgan fingerprint density at radius 2 is 1.93 bits per heavy atom. The predicted molar refractivity (Wildman–Crippen MR) is 115 cm³/mol. The van der Waals surface area contributed by atoms with Crippen molar-refractivity contribution in [3.8, 4) is 16.9 Å². The molecule has 0 saturated carbocycles. The summed E-state index contributed by atoms with van der Waals surface area (Å²) in [6.07, 6.45) is 3.46. The molecule has 5 nitrogen and oxygen atoms in total. The third-order valence-corrected chi connectivity index (χ3v) is 5.85. The Morgan fingerprint density at radius 1 is 1.14 bits per heavy atom. The van der Waals surface area contributed by atoms with Gasteiger partial charge in [-0.2, -0.15) is 0 Å². The Labute approximate surface area is 172 Å². The molecular formula is C22H28ClN3O2. The van der Waals surface area contributed by atoms with Crippen molar-refractivity contribution < 1.29 is 9.53 Å². The molecule has 2 saturated heterocycles. The van der Waals surface area contributed by atoms with Crippen LogP contribution in [-0.2, 0) is 0 Å². The summed E-state index contributed by atoms with van der Waals surface area (Å²) in [5, 5.41) is 6.61. The van der Waals surface area contributed by atoms with E-state index < -0.39 is 0 Å². The topological polar surface area (TPSA) is 53.6 Å². The van der Waals surface area contributed by atoms with Crippen LogP contribution >= 0.6 is 12.4 Å². The summed E-state index contributed by atoms with van der Waals surface area (Å²) in [5.74, 6) is 0.823. The molecule has 2 aliphatic heterocycles. The van der Waals surface area contributed by atoms with Gasteiger partial charge in [0, 0.05) is 30.6 Å². The molecule has 0 aromatic heterocycles. The molecule has 2 heterocycles. The molecule has 0 radical (unpaired) electrons. The van der Waals surface area contributed by atoms with E-state index in [9.17, 15) is 4.79 Å². The Morgan fingerprint density at radius 3 is 2.64 bits per heavy atom. The van der Waals surface area contributed by atoms with E-state index in [1.807, 2.05) is 53.4 Å². The summed E-state index contributed by atoms with van der Waals surface area (Å²) in [6, 6.07) is 15.9. The molecule has 2 fully saturated rings. The average Bonchev–Trinajstić information content (AvgIpc) is 3.16. The molecule has 6 heteroatoms. The number of methoxy groups -OCH3 is 1. The second-order valence-corrected chi connectivity index (χ2v) is 7.66. The SMILES string of the molecule is COc1ccc(-c2ccccc2NC(=O)N2CCCC3(CCNC3)C2)cc1.Cl. The van der Waals surface area contributed by atoms with Gasteiger partial charge < -0.3 is 20.3 Å². The maximum Gasteiger partial charge on any atom is 0.321 e. The van der Waals surface area contributed by atoms with Crippen molar-refractivity contribution in [2.75, 3.05) is 38.6 Å². The molecule has 4 rings (SSSR count). The number of urea groups is 1. The van der Waals surface area contributed by atoms with Crippen LogP contribution < -0.4 is 15.4 Å². The van der Waals surface area contributed by atoms with Crippen LogP contribution in [0.5, 0.6) is 5.75 Å². The van der Waals surface area contributed by atoms with Crippen LogP contribution in [0.4, 0.5) is 10.5 Å². The number of halogens is 1. The molecule has 1 unspecified atom stereocenters. The number of ether oxygens (including phenoxy) is 1. The molecule has 0 aliphatic carbocycles. The number of hydrogen-bond acceptors (Lipinski definition) is 3. The van der Waals surface area contributed by atoms with Crippen molar-refractivity contribution in [1.29, 1.82) is 0 Å². The number of nitrogens with zero attached hydrogens (tertiary/aromatic N) is 1. The van der Waals surface area contributed by atoms with Gasteiger partial charge in [-0.05, 0) is 49.6 Å². The smallest absolute Gasteiger partial charge is 0.321 e. The summed E-state index contributed by atoms with van der Waals surface area (Å²) < 4.78 is 5.24. The maximum atomic E-state index is 13.0. The average molecular weight is 402 g/mol. The number of hydrogen-bond donors (Lipinski definition) is 2. The molecule has 2 aliphatic rings.